The molecule has 6 amide bonds. The third kappa shape index (κ3) is 8.47. The van der Waals surface area contributed by atoms with Crippen LogP contribution in [0, 0.1) is 0 Å². The number of phenols is 2. The van der Waals surface area contributed by atoms with E-state index in [0.717, 1.165) is 9.80 Å². The maximum absolute atomic E-state index is 12.9. The van der Waals surface area contributed by atoms with E-state index in [2.05, 4.69) is 0 Å². The normalized spacial score (nSPS) is 13.8. The molecule has 0 saturated heterocycles. The first-order chi connectivity index (χ1) is 27.8. The van der Waals surface area contributed by atoms with Crippen LogP contribution in [0.15, 0.2) is 72.8 Å². The number of fused-ring (bicyclic) bond motifs is 2. The molecule has 0 saturated carbocycles. The number of rotatable bonds is 14. The Balaban J connectivity index is 0.000000221. The van der Waals surface area contributed by atoms with E-state index in [1.165, 1.54) is 61.6 Å². The Labute approximate surface area is 331 Å². The molecule has 4 aromatic carbocycles. The van der Waals surface area contributed by atoms with Crippen LogP contribution in [-0.2, 0) is 9.59 Å². The summed E-state index contributed by atoms with van der Waals surface area (Å²) in [7, 11) is 2.95. The molecule has 304 valence electrons. The van der Waals surface area contributed by atoms with Gasteiger partial charge in [-0.15, -0.1) is 0 Å². The number of ether oxygens (including phenoxy) is 4. The number of hydrogen-bond acceptors (Lipinski definition) is 14. The number of methoxy groups -OCH3 is 2. The fraction of sp³-hybridized carbons (Fsp3) is 0.250. The first-order valence-electron chi connectivity index (χ1n) is 17.7. The summed E-state index contributed by atoms with van der Waals surface area (Å²) in [6.45, 7) is 4.29. The topological polar surface area (TPSA) is 251 Å². The molecule has 2 aliphatic heterocycles. The van der Waals surface area contributed by atoms with Crippen molar-refractivity contribution in [2.24, 2.45) is 0 Å². The number of nitrogens with one attached hydrogen (secondary N) is 2. The van der Waals surface area contributed by atoms with Crippen molar-refractivity contribution in [3.05, 3.63) is 106 Å². The van der Waals surface area contributed by atoms with Crippen LogP contribution in [0.3, 0.4) is 0 Å². The zero-order valence-electron chi connectivity index (χ0n) is 31.7. The van der Waals surface area contributed by atoms with Crippen LogP contribution in [0.25, 0.3) is 0 Å². The van der Waals surface area contributed by atoms with Gasteiger partial charge >= 0.3 is 0 Å². The number of carbonyl (C=O) groups excluding carboxylic acids is 6. The molecule has 2 aliphatic rings. The molecule has 0 radical (unpaired) electrons. The van der Waals surface area contributed by atoms with Crippen LogP contribution in [0.1, 0.15) is 91.3 Å². The van der Waals surface area contributed by atoms with Crippen LogP contribution in [0.4, 0.5) is 0 Å². The number of benzene rings is 4. The minimum Gasteiger partial charge on any atom is -0.508 e. The largest absolute Gasteiger partial charge is 0.508 e. The second-order valence-corrected chi connectivity index (χ2v) is 12.6. The predicted molar refractivity (Wildman–Crippen MR) is 200 cm³/mol. The van der Waals surface area contributed by atoms with Gasteiger partial charge in [0.2, 0.25) is 11.8 Å². The molecule has 2 heterocycles. The highest BCUT2D eigenvalue weighted by Gasteiger charge is 2.43. The Morgan fingerprint density at radius 1 is 0.552 bits per heavy atom. The minimum absolute atomic E-state index is 0.0444. The molecule has 18 nitrogen and oxygen atoms in total. The van der Waals surface area contributed by atoms with Gasteiger partial charge in [0.1, 0.15) is 11.5 Å². The lowest BCUT2D eigenvalue weighted by Crippen LogP contribution is -2.37. The van der Waals surface area contributed by atoms with E-state index in [1.54, 1.807) is 50.2 Å². The van der Waals surface area contributed by atoms with Crippen molar-refractivity contribution in [2.45, 2.75) is 38.8 Å². The van der Waals surface area contributed by atoms with Gasteiger partial charge in [0.15, 0.2) is 23.0 Å². The number of imide groups is 2. The van der Waals surface area contributed by atoms with Crippen LogP contribution < -0.4 is 29.9 Å². The molecule has 0 aromatic heterocycles. The highest BCUT2D eigenvalue weighted by atomic mass is 16.5. The first-order valence-corrected chi connectivity index (χ1v) is 17.7. The minimum atomic E-state index is -1.01. The Morgan fingerprint density at radius 3 is 1.24 bits per heavy atom. The molecule has 0 spiro atoms. The van der Waals surface area contributed by atoms with E-state index in [0.29, 0.717) is 47.3 Å². The average molecular weight is 801 g/mol. The van der Waals surface area contributed by atoms with Crippen LogP contribution in [0.2, 0.25) is 0 Å². The van der Waals surface area contributed by atoms with E-state index < -0.39 is 47.5 Å². The van der Waals surface area contributed by atoms with Crippen LogP contribution in [-0.4, -0.2) is 93.3 Å². The molecule has 4 aromatic rings. The summed E-state index contributed by atoms with van der Waals surface area (Å²) in [6, 6.07) is 15.3. The Hall–Kier alpha value is -7.18. The third-order valence-electron chi connectivity index (χ3n) is 9.18. The summed E-state index contributed by atoms with van der Waals surface area (Å²) in [6.07, 6.45) is -0.738. The maximum atomic E-state index is 12.9. The van der Waals surface area contributed by atoms with Crippen LogP contribution in [0.5, 0.6) is 34.5 Å². The van der Waals surface area contributed by atoms with E-state index in [1.807, 2.05) is 0 Å². The van der Waals surface area contributed by atoms with Gasteiger partial charge in [-0.1, -0.05) is 12.1 Å². The molecule has 0 bridgehead atoms. The quantitative estimate of drug-likeness (QED) is 0.0598. The summed E-state index contributed by atoms with van der Waals surface area (Å²) in [5.41, 5.74) is 4.28. The molecule has 0 aliphatic carbocycles. The maximum Gasteiger partial charge on any atom is 0.262 e. The van der Waals surface area contributed by atoms with Crippen molar-refractivity contribution in [2.75, 3.05) is 27.4 Å². The highest BCUT2D eigenvalue weighted by molar-refractivity contribution is 6.22. The van der Waals surface area contributed by atoms with Gasteiger partial charge in [-0.05, 0) is 85.6 Å². The molecule has 6 rings (SSSR count). The Morgan fingerprint density at radius 2 is 0.914 bits per heavy atom. The number of hydroxylamine groups is 2. The molecule has 0 fully saturated rings. The second kappa shape index (κ2) is 18.2. The summed E-state index contributed by atoms with van der Waals surface area (Å²) < 4.78 is 21.6. The summed E-state index contributed by atoms with van der Waals surface area (Å²) >= 11 is 0. The Kier molecular flexibility index (Phi) is 13.2. The van der Waals surface area contributed by atoms with Gasteiger partial charge < -0.3 is 29.2 Å². The van der Waals surface area contributed by atoms with Crippen molar-refractivity contribution in [1.82, 2.24) is 20.8 Å². The van der Waals surface area contributed by atoms with Crippen LogP contribution >= 0.6 is 0 Å². The lowest BCUT2D eigenvalue weighted by molar-refractivity contribution is -0.130. The average Bonchev–Trinajstić information content (AvgIpc) is 3.61. The van der Waals surface area contributed by atoms with Gasteiger partial charge in [-0.2, -0.15) is 0 Å². The lowest BCUT2D eigenvalue weighted by Gasteiger charge is -2.26. The fourth-order valence-electron chi connectivity index (χ4n) is 6.56. The smallest absolute Gasteiger partial charge is 0.262 e. The standard InChI is InChI=1S/2C20H20N2O7/c2*1-3-29-17-8-11(4-7-16(17)28-2)15(10-18(24)21-27)22-19(25)13-6-5-12(23)9-14(13)20(22)26/h2*4-9,15,23,27H,3,10H2,1-2H3,(H,21,24). The van der Waals surface area contributed by atoms with E-state index in [-0.39, 0.29) is 46.6 Å². The molecule has 58 heavy (non-hydrogen) atoms. The SMILES string of the molecule is CCOc1cc(C(CC(=O)NO)N2C(=O)c3ccc(O)cc3C2=O)ccc1OC.CCOc1cc(C(CC(=O)NO)N2C(=O)c3ccc(O)cc3C2=O)ccc1OC. The number of carbonyl (C=O) groups is 6. The predicted octanol–water partition coefficient (Wildman–Crippen LogP) is 4.06. The Bertz CT molecular complexity index is 2100. The van der Waals surface area contributed by atoms with Gasteiger partial charge in [0.05, 0.1) is 74.6 Å². The molecular weight excluding hydrogens is 760 g/mol. The number of hydrogen-bond donors (Lipinski definition) is 6. The van der Waals surface area contributed by atoms with E-state index >= 15 is 0 Å². The van der Waals surface area contributed by atoms with Gasteiger partial charge in [-0.3, -0.25) is 49.0 Å². The summed E-state index contributed by atoms with van der Waals surface area (Å²) in [4.78, 5) is 77.4. The van der Waals surface area contributed by atoms with Crippen molar-refractivity contribution in [1.29, 1.82) is 0 Å². The highest BCUT2D eigenvalue weighted by Crippen LogP contribution is 2.40. The second-order valence-electron chi connectivity index (χ2n) is 12.6. The zero-order valence-corrected chi connectivity index (χ0v) is 31.7. The number of amides is 6. The van der Waals surface area contributed by atoms with E-state index in [9.17, 15) is 39.0 Å². The zero-order chi connectivity index (χ0) is 42.3. The number of nitrogens with zero attached hydrogens (tertiary/aromatic N) is 2. The van der Waals surface area contributed by atoms with Crippen molar-refractivity contribution in [3.63, 3.8) is 0 Å². The molecule has 2 unspecified atom stereocenters. The molecule has 6 N–H and O–H groups in total. The monoisotopic (exact) mass is 800 g/mol. The molecular formula is C40H40N4O14. The van der Waals surface area contributed by atoms with Crippen molar-refractivity contribution in [3.8, 4) is 34.5 Å². The number of aromatic hydroxyl groups is 2. The fourth-order valence-corrected chi connectivity index (χ4v) is 6.56. The summed E-state index contributed by atoms with van der Waals surface area (Å²) in [5, 5.41) is 37.3. The van der Waals surface area contributed by atoms with Crippen molar-refractivity contribution >= 4 is 35.4 Å². The first kappa shape index (κ1) is 42.0. The van der Waals surface area contributed by atoms with Gasteiger partial charge in [0.25, 0.3) is 23.6 Å². The molecule has 2 atom stereocenters. The van der Waals surface area contributed by atoms with E-state index in [4.69, 9.17) is 29.4 Å². The third-order valence-corrected chi connectivity index (χ3v) is 9.18. The lowest BCUT2D eigenvalue weighted by atomic mass is 10.0. The summed E-state index contributed by atoms with van der Waals surface area (Å²) in [5.74, 6) is -2.68. The van der Waals surface area contributed by atoms with Gasteiger partial charge in [-0.25, -0.2) is 11.0 Å². The number of phenolic OH excluding ortho intramolecular Hbond substituents is 2. The van der Waals surface area contributed by atoms with Gasteiger partial charge in [0, 0.05) is 0 Å². The molecule has 18 heteroatoms. The van der Waals surface area contributed by atoms with Crippen molar-refractivity contribution < 1.29 is 68.3 Å².